The molecule has 1 aliphatic heterocycles. The molecular weight excluding hydrogens is 246 g/mol. The highest BCUT2D eigenvalue weighted by Gasteiger charge is 2.37. The largest absolute Gasteiger partial charge is 0.396 e. The summed E-state index contributed by atoms with van der Waals surface area (Å²) in [4.78, 5) is 6.70. The number of hydrogen-bond acceptors (Lipinski definition) is 3. The van der Waals surface area contributed by atoms with Crippen molar-refractivity contribution < 1.29 is 0 Å². The summed E-state index contributed by atoms with van der Waals surface area (Å²) < 4.78 is 0. The Morgan fingerprint density at radius 1 is 1.17 bits per heavy atom. The lowest BCUT2D eigenvalue weighted by Gasteiger charge is -2.40. The normalized spacial score (nSPS) is 22.6. The second-order valence-electron chi connectivity index (χ2n) is 5.76. The van der Waals surface area contributed by atoms with Gasteiger partial charge in [-0.1, -0.05) is 24.4 Å². The molecule has 18 heavy (non-hydrogen) atoms. The van der Waals surface area contributed by atoms with Gasteiger partial charge in [-0.2, -0.15) is 0 Å². The van der Waals surface area contributed by atoms with Gasteiger partial charge in [-0.25, -0.2) is 4.98 Å². The number of rotatable bonds is 1. The quantitative estimate of drug-likeness (QED) is 0.845. The Morgan fingerprint density at radius 3 is 2.44 bits per heavy atom. The molecule has 1 aromatic rings. The van der Waals surface area contributed by atoms with Crippen molar-refractivity contribution in [2.24, 2.45) is 5.41 Å². The molecule has 2 fully saturated rings. The summed E-state index contributed by atoms with van der Waals surface area (Å²) in [7, 11) is 0. The second kappa shape index (κ2) is 4.61. The molecule has 2 aliphatic rings. The molecule has 0 aromatic carbocycles. The highest BCUT2D eigenvalue weighted by Crippen LogP contribution is 2.46. The van der Waals surface area contributed by atoms with E-state index in [9.17, 15) is 0 Å². The summed E-state index contributed by atoms with van der Waals surface area (Å²) in [6.45, 7) is 2.16. The SMILES string of the molecule is Nc1cc(Cl)cnc1N1CCC2(CCCC2)CC1. The number of hydrogen-bond donors (Lipinski definition) is 1. The van der Waals surface area contributed by atoms with Gasteiger partial charge in [-0.3, -0.25) is 0 Å². The third kappa shape index (κ3) is 2.16. The minimum atomic E-state index is 0.612. The Morgan fingerprint density at radius 2 is 1.83 bits per heavy atom. The maximum Gasteiger partial charge on any atom is 0.151 e. The van der Waals surface area contributed by atoms with E-state index < -0.39 is 0 Å². The van der Waals surface area contributed by atoms with Gasteiger partial charge in [0.05, 0.1) is 10.7 Å². The molecule has 1 aromatic heterocycles. The van der Waals surface area contributed by atoms with Gasteiger partial charge in [0.2, 0.25) is 0 Å². The molecule has 0 amide bonds. The zero-order chi connectivity index (χ0) is 12.6. The van der Waals surface area contributed by atoms with Crippen LogP contribution in [0.3, 0.4) is 0 Å². The molecule has 0 unspecified atom stereocenters. The van der Waals surface area contributed by atoms with Gasteiger partial charge in [-0.15, -0.1) is 0 Å². The molecule has 1 spiro atoms. The molecule has 0 atom stereocenters. The first kappa shape index (κ1) is 12.1. The average Bonchev–Trinajstić information content (AvgIpc) is 2.80. The van der Waals surface area contributed by atoms with Crippen LogP contribution in [0.4, 0.5) is 11.5 Å². The number of piperidine rings is 1. The first-order valence-corrected chi connectivity index (χ1v) is 7.22. The predicted octanol–water partition coefficient (Wildman–Crippen LogP) is 3.48. The van der Waals surface area contributed by atoms with Crippen molar-refractivity contribution in [1.29, 1.82) is 0 Å². The molecule has 0 bridgehead atoms. The summed E-state index contributed by atoms with van der Waals surface area (Å²) in [6, 6.07) is 1.80. The highest BCUT2D eigenvalue weighted by molar-refractivity contribution is 6.30. The Labute approximate surface area is 113 Å². The number of aromatic nitrogens is 1. The van der Waals surface area contributed by atoms with Gasteiger partial charge in [0.25, 0.3) is 0 Å². The van der Waals surface area contributed by atoms with Crippen LogP contribution < -0.4 is 10.6 Å². The topological polar surface area (TPSA) is 42.1 Å². The van der Waals surface area contributed by atoms with E-state index in [4.69, 9.17) is 17.3 Å². The maximum absolute atomic E-state index is 6.01. The molecule has 1 aliphatic carbocycles. The van der Waals surface area contributed by atoms with Gasteiger partial charge in [-0.05, 0) is 37.2 Å². The van der Waals surface area contributed by atoms with Gasteiger partial charge in [0.1, 0.15) is 0 Å². The molecule has 2 N–H and O–H groups in total. The van der Waals surface area contributed by atoms with Crippen LogP contribution in [-0.4, -0.2) is 18.1 Å². The Hall–Kier alpha value is -0.960. The van der Waals surface area contributed by atoms with Crippen molar-refractivity contribution in [2.75, 3.05) is 23.7 Å². The lowest BCUT2D eigenvalue weighted by molar-refractivity contribution is 0.226. The maximum atomic E-state index is 6.01. The summed E-state index contributed by atoms with van der Waals surface area (Å²) in [5.74, 6) is 0.909. The van der Waals surface area contributed by atoms with Crippen LogP contribution >= 0.6 is 11.6 Å². The monoisotopic (exact) mass is 265 g/mol. The van der Waals surface area contributed by atoms with Gasteiger partial charge in [0.15, 0.2) is 5.82 Å². The third-order valence-electron chi connectivity index (χ3n) is 4.65. The van der Waals surface area contributed by atoms with E-state index in [1.807, 2.05) is 0 Å². The van der Waals surface area contributed by atoms with Crippen molar-refractivity contribution in [1.82, 2.24) is 4.98 Å². The van der Waals surface area contributed by atoms with Crippen LogP contribution in [-0.2, 0) is 0 Å². The number of pyridine rings is 1. The van der Waals surface area contributed by atoms with Crippen LogP contribution in [0.1, 0.15) is 38.5 Å². The zero-order valence-electron chi connectivity index (χ0n) is 10.7. The minimum Gasteiger partial charge on any atom is -0.396 e. The molecular formula is C14H20ClN3. The van der Waals surface area contributed by atoms with Gasteiger partial charge >= 0.3 is 0 Å². The van der Waals surface area contributed by atoms with E-state index >= 15 is 0 Å². The van der Waals surface area contributed by atoms with Crippen LogP contribution in [0, 0.1) is 5.41 Å². The Kier molecular flexibility index (Phi) is 3.10. The predicted molar refractivity (Wildman–Crippen MR) is 76.0 cm³/mol. The number of anilines is 2. The van der Waals surface area contributed by atoms with E-state index in [0.29, 0.717) is 16.1 Å². The smallest absolute Gasteiger partial charge is 0.151 e. The van der Waals surface area contributed by atoms with Crippen LogP contribution in [0.25, 0.3) is 0 Å². The number of halogens is 1. The molecule has 98 valence electrons. The molecule has 4 heteroatoms. The first-order chi connectivity index (χ1) is 8.69. The molecule has 2 heterocycles. The Bertz CT molecular complexity index is 431. The fraction of sp³-hybridized carbons (Fsp3) is 0.643. The number of nitrogen functional groups attached to an aromatic ring is 1. The van der Waals surface area contributed by atoms with E-state index in [1.165, 1.54) is 38.5 Å². The van der Waals surface area contributed by atoms with Crippen LogP contribution in [0.2, 0.25) is 5.02 Å². The van der Waals surface area contributed by atoms with E-state index in [0.717, 1.165) is 18.9 Å². The van der Waals surface area contributed by atoms with E-state index in [2.05, 4.69) is 9.88 Å². The van der Waals surface area contributed by atoms with Crippen molar-refractivity contribution in [3.8, 4) is 0 Å². The summed E-state index contributed by atoms with van der Waals surface area (Å²) in [6.07, 6.45) is 9.94. The minimum absolute atomic E-state index is 0.612. The first-order valence-electron chi connectivity index (χ1n) is 6.85. The molecule has 1 saturated heterocycles. The summed E-state index contributed by atoms with van der Waals surface area (Å²) in [5, 5.41) is 0.612. The standard InChI is InChI=1S/C14H20ClN3/c15-11-9-12(16)13(17-10-11)18-7-5-14(6-8-18)3-1-2-4-14/h9-10H,1-8,16H2. The molecule has 0 radical (unpaired) electrons. The summed E-state index contributed by atoms with van der Waals surface area (Å²) >= 11 is 5.89. The van der Waals surface area contributed by atoms with Crippen molar-refractivity contribution in [2.45, 2.75) is 38.5 Å². The van der Waals surface area contributed by atoms with Gasteiger partial charge < -0.3 is 10.6 Å². The molecule has 3 nitrogen and oxygen atoms in total. The third-order valence-corrected chi connectivity index (χ3v) is 4.86. The van der Waals surface area contributed by atoms with Crippen molar-refractivity contribution in [3.05, 3.63) is 17.3 Å². The number of nitrogens with two attached hydrogens (primary N) is 1. The van der Waals surface area contributed by atoms with Crippen molar-refractivity contribution in [3.63, 3.8) is 0 Å². The summed E-state index contributed by atoms with van der Waals surface area (Å²) in [5.41, 5.74) is 7.34. The Balaban J connectivity index is 1.72. The van der Waals surface area contributed by atoms with Crippen molar-refractivity contribution >= 4 is 23.1 Å². The highest BCUT2D eigenvalue weighted by atomic mass is 35.5. The lowest BCUT2D eigenvalue weighted by atomic mass is 9.77. The fourth-order valence-corrected chi connectivity index (χ4v) is 3.70. The van der Waals surface area contributed by atoms with E-state index in [1.54, 1.807) is 12.3 Å². The van der Waals surface area contributed by atoms with Crippen LogP contribution in [0.5, 0.6) is 0 Å². The molecule has 3 rings (SSSR count). The molecule has 1 saturated carbocycles. The number of nitrogens with zero attached hydrogens (tertiary/aromatic N) is 2. The second-order valence-corrected chi connectivity index (χ2v) is 6.20. The lowest BCUT2D eigenvalue weighted by Crippen LogP contribution is -2.39. The van der Waals surface area contributed by atoms with Gasteiger partial charge in [0, 0.05) is 19.3 Å². The van der Waals surface area contributed by atoms with Crippen LogP contribution in [0.15, 0.2) is 12.3 Å². The average molecular weight is 266 g/mol. The zero-order valence-corrected chi connectivity index (χ0v) is 11.4. The fourth-order valence-electron chi connectivity index (χ4n) is 3.53. The van der Waals surface area contributed by atoms with E-state index in [-0.39, 0.29) is 0 Å².